The Morgan fingerprint density at radius 2 is 1.00 bits per heavy atom. The normalized spacial score (nSPS) is 3.60. The van der Waals surface area contributed by atoms with E-state index < -0.39 is 16.5 Å². The van der Waals surface area contributed by atoms with Gasteiger partial charge < -0.3 is 0 Å². The maximum atomic E-state index is 4.89. The third-order valence-electron chi connectivity index (χ3n) is 0. The van der Waals surface area contributed by atoms with Crippen molar-refractivity contribution in [3.63, 3.8) is 0 Å². The van der Waals surface area contributed by atoms with E-state index in [9.17, 15) is 0 Å². The van der Waals surface area contributed by atoms with Crippen LogP contribution in [-0.4, -0.2) is 0 Å². The third kappa shape index (κ3) is 25.4. The summed E-state index contributed by atoms with van der Waals surface area (Å²) in [6.45, 7) is 0. The molecule has 0 saturated carbocycles. The monoisotopic (exact) mass is 240 g/mol. The summed E-state index contributed by atoms with van der Waals surface area (Å²) in [7, 11) is 9.79. The minimum atomic E-state index is -0.586. The summed E-state index contributed by atoms with van der Waals surface area (Å²) in [5.41, 5.74) is 0. The van der Waals surface area contributed by atoms with Crippen molar-refractivity contribution in [2.24, 2.45) is 0 Å². The van der Waals surface area contributed by atoms with E-state index >= 15 is 0 Å². The first-order valence-corrected chi connectivity index (χ1v) is 5.48. The molecular weight excluding hydrogens is 238 g/mol. The molecular formula is H2Cl4Mo. The standard InChI is InChI=1S/4ClH.Mo/h4*1H;/q;;;;+2/p-2. The second-order valence-corrected chi connectivity index (χ2v) is 3.11. The molecule has 0 aromatic rings. The Kier molecular flexibility index (Phi) is 53.6. The van der Waals surface area contributed by atoms with Crippen LogP contribution in [0.4, 0.5) is 0 Å². The van der Waals surface area contributed by atoms with Crippen LogP contribution in [-0.2, 0) is 16.5 Å². The molecule has 0 aromatic heterocycles. The van der Waals surface area contributed by atoms with E-state index in [-0.39, 0.29) is 24.8 Å². The molecule has 0 unspecified atom stereocenters. The van der Waals surface area contributed by atoms with Gasteiger partial charge in [0.2, 0.25) is 0 Å². The Morgan fingerprint density at radius 3 is 1.00 bits per heavy atom. The average Bonchev–Trinajstić information content (AvgIpc) is 0.918. The van der Waals surface area contributed by atoms with Gasteiger partial charge in [0.05, 0.1) is 0 Å². The van der Waals surface area contributed by atoms with Crippen LogP contribution < -0.4 is 0 Å². The van der Waals surface area contributed by atoms with Crippen molar-refractivity contribution in [3.05, 3.63) is 0 Å². The van der Waals surface area contributed by atoms with Crippen LogP contribution in [0.15, 0.2) is 0 Å². The van der Waals surface area contributed by atoms with Gasteiger partial charge in [-0.25, -0.2) is 0 Å². The Balaban J connectivity index is -0.0000000200. The number of hydrogen-bond acceptors (Lipinski definition) is 0. The quantitative estimate of drug-likeness (QED) is 0.569. The van der Waals surface area contributed by atoms with Gasteiger partial charge in [-0.3, -0.25) is 0 Å². The van der Waals surface area contributed by atoms with Gasteiger partial charge in [0.25, 0.3) is 0 Å². The zero-order chi connectivity index (χ0) is 2.71. The van der Waals surface area contributed by atoms with E-state index in [0.29, 0.717) is 0 Å². The Bertz CT molecular complexity index is 3.61. The third-order valence-corrected chi connectivity index (χ3v) is 0. The Morgan fingerprint density at radius 1 is 1.00 bits per heavy atom. The SMILES string of the molecule is Cl.Cl.[Cl][Mo][Cl]. The Labute approximate surface area is 59.8 Å². The van der Waals surface area contributed by atoms with Crippen molar-refractivity contribution in [2.75, 3.05) is 0 Å². The molecule has 0 heterocycles. The van der Waals surface area contributed by atoms with Crippen molar-refractivity contribution < 1.29 is 16.5 Å². The zero-order valence-corrected chi connectivity index (χ0v) is 7.13. The van der Waals surface area contributed by atoms with Gasteiger partial charge in [0.1, 0.15) is 0 Å². The first-order valence-electron chi connectivity index (χ1n) is 0.309. The molecule has 0 amide bonds. The van der Waals surface area contributed by atoms with Gasteiger partial charge in [0, 0.05) is 0 Å². The maximum absolute atomic E-state index is 4.89. The molecule has 5 heteroatoms. The molecule has 0 nitrogen and oxygen atoms in total. The molecule has 0 aromatic carbocycles. The molecule has 0 N–H and O–H groups in total. The molecule has 5 heavy (non-hydrogen) atoms. The van der Waals surface area contributed by atoms with Crippen LogP contribution in [0.3, 0.4) is 0 Å². The van der Waals surface area contributed by atoms with Crippen LogP contribution in [0.25, 0.3) is 0 Å². The molecule has 0 spiro atoms. The zero-order valence-electron chi connectivity index (χ0n) is 1.98. The number of rotatable bonds is 0. The van der Waals surface area contributed by atoms with Crippen molar-refractivity contribution in [2.45, 2.75) is 0 Å². The molecule has 0 aliphatic carbocycles. The summed E-state index contributed by atoms with van der Waals surface area (Å²) in [6.07, 6.45) is 0. The second-order valence-electron chi connectivity index (χ2n) is 0.0583. The van der Waals surface area contributed by atoms with Gasteiger partial charge >= 0.3 is 35.3 Å². The van der Waals surface area contributed by atoms with E-state index in [1.165, 1.54) is 0 Å². The van der Waals surface area contributed by atoms with Crippen LogP contribution in [0.5, 0.6) is 0 Å². The summed E-state index contributed by atoms with van der Waals surface area (Å²) in [5.74, 6) is 0. The molecule has 36 valence electrons. The molecule has 0 atom stereocenters. The Hall–Kier alpha value is 1.85. The molecule has 0 radical (unpaired) electrons. The molecule has 0 aliphatic heterocycles. The van der Waals surface area contributed by atoms with Crippen LogP contribution in [0, 0.1) is 0 Å². The van der Waals surface area contributed by atoms with Gasteiger partial charge in [-0.2, -0.15) is 0 Å². The van der Waals surface area contributed by atoms with Crippen LogP contribution in [0.1, 0.15) is 0 Å². The first kappa shape index (κ1) is 15.8. The van der Waals surface area contributed by atoms with Gasteiger partial charge in [-0.15, -0.1) is 24.8 Å². The van der Waals surface area contributed by atoms with E-state index in [1.807, 2.05) is 0 Å². The molecule has 0 saturated heterocycles. The van der Waals surface area contributed by atoms with Crippen LogP contribution in [0.2, 0.25) is 0 Å². The average molecular weight is 240 g/mol. The molecule has 0 rings (SSSR count). The van der Waals surface area contributed by atoms with Crippen LogP contribution >= 0.6 is 43.7 Å². The van der Waals surface area contributed by atoms with E-state index in [1.54, 1.807) is 0 Å². The summed E-state index contributed by atoms with van der Waals surface area (Å²) < 4.78 is 0. The van der Waals surface area contributed by atoms with Crippen molar-refractivity contribution in [1.29, 1.82) is 0 Å². The number of halogens is 4. The predicted molar refractivity (Wildman–Crippen MR) is 26.2 cm³/mol. The van der Waals surface area contributed by atoms with Crippen molar-refractivity contribution >= 4 is 43.7 Å². The summed E-state index contributed by atoms with van der Waals surface area (Å²) >= 11 is -0.586. The van der Waals surface area contributed by atoms with Gasteiger partial charge in [-0.1, -0.05) is 0 Å². The summed E-state index contributed by atoms with van der Waals surface area (Å²) in [5, 5.41) is 0. The summed E-state index contributed by atoms with van der Waals surface area (Å²) in [4.78, 5) is 0. The van der Waals surface area contributed by atoms with Crippen molar-refractivity contribution in [1.82, 2.24) is 0 Å². The summed E-state index contributed by atoms with van der Waals surface area (Å²) in [6, 6.07) is 0. The molecule has 0 aliphatic rings. The van der Waals surface area contributed by atoms with E-state index in [0.717, 1.165) is 0 Å². The van der Waals surface area contributed by atoms with E-state index in [4.69, 9.17) is 18.8 Å². The number of hydrogen-bond donors (Lipinski definition) is 0. The van der Waals surface area contributed by atoms with Gasteiger partial charge in [0.15, 0.2) is 0 Å². The second kappa shape index (κ2) is 16.9. The predicted octanol–water partition coefficient (Wildman–Crippen LogP) is 2.22. The first-order chi connectivity index (χ1) is 1.41. The minimum absolute atomic E-state index is 0. The molecule has 0 bridgehead atoms. The van der Waals surface area contributed by atoms with Gasteiger partial charge in [-0.05, 0) is 0 Å². The van der Waals surface area contributed by atoms with E-state index in [2.05, 4.69) is 0 Å². The fourth-order valence-corrected chi connectivity index (χ4v) is 0. The van der Waals surface area contributed by atoms with Crippen molar-refractivity contribution in [3.8, 4) is 0 Å². The fraction of sp³-hybridized carbons (Fsp3) is 0. The molecule has 0 fully saturated rings. The fourth-order valence-electron chi connectivity index (χ4n) is 0. The topological polar surface area (TPSA) is 0 Å².